The van der Waals surface area contributed by atoms with Gasteiger partial charge in [0.05, 0.1) is 12.3 Å². The van der Waals surface area contributed by atoms with Crippen molar-refractivity contribution in [2.24, 2.45) is 4.99 Å². The van der Waals surface area contributed by atoms with E-state index in [1.54, 1.807) is 19.1 Å². The molecule has 0 bridgehead atoms. The highest BCUT2D eigenvalue weighted by molar-refractivity contribution is 5.98. The minimum atomic E-state index is -2.83. The molecular weight excluding hydrogens is 346 g/mol. The first-order valence-corrected chi connectivity index (χ1v) is 9.10. The van der Waals surface area contributed by atoms with Crippen molar-refractivity contribution >= 4 is 5.71 Å². The second-order valence-corrected chi connectivity index (χ2v) is 6.64. The van der Waals surface area contributed by atoms with Crippen molar-refractivity contribution in [3.05, 3.63) is 60.1 Å². The van der Waals surface area contributed by atoms with Gasteiger partial charge in [-0.05, 0) is 59.7 Å². The summed E-state index contributed by atoms with van der Waals surface area (Å²) >= 11 is 0. The molecule has 0 aromatic rings. The summed E-state index contributed by atoms with van der Waals surface area (Å²) in [7, 11) is 0. The van der Waals surface area contributed by atoms with Crippen LogP contribution in [-0.4, -0.2) is 30.8 Å². The maximum atomic E-state index is 13.7. The van der Waals surface area contributed by atoms with Gasteiger partial charge in [0.25, 0.3) is 5.92 Å². The molecule has 0 spiro atoms. The molecule has 1 N–H and O–H groups in total. The van der Waals surface area contributed by atoms with Crippen LogP contribution in [0.25, 0.3) is 0 Å². The number of nitrogens with one attached hydrogen (secondary N) is 1. The third-order valence-corrected chi connectivity index (χ3v) is 3.99. The number of hydrogen-bond acceptors (Lipinski definition) is 3. The fraction of sp³-hybridized carbons (Fsp3) is 0.500. The van der Waals surface area contributed by atoms with Crippen LogP contribution in [-0.2, 0) is 4.74 Å². The number of ether oxygens (including phenoxy) is 1. The third kappa shape index (κ3) is 10.7. The fourth-order valence-corrected chi connectivity index (χ4v) is 2.00. The van der Waals surface area contributed by atoms with Crippen LogP contribution < -0.4 is 5.32 Å². The van der Waals surface area contributed by atoms with Gasteiger partial charge in [-0.3, -0.25) is 4.99 Å². The number of hydrogen-bond donors (Lipinski definition) is 1. The number of allylic oxidation sites excluding steroid dienone is 8. The van der Waals surface area contributed by atoms with Crippen LogP contribution >= 0.6 is 0 Å². The molecule has 1 aliphatic rings. The van der Waals surface area contributed by atoms with Gasteiger partial charge in [-0.2, -0.15) is 0 Å². The molecule has 1 aliphatic heterocycles. The van der Waals surface area contributed by atoms with Crippen LogP contribution in [0.3, 0.4) is 0 Å². The standard InChI is InChI=1S/C17H26F2N2O.C5H8/c1-6-13(3)21-15(5)12(2)7-8-14(4)22-16-9-10-20-11-17(16,18)19;1-4-5(2)3/h6-8,16,20H,9-11H2,1-5H3;4H,1-2H2,3H3/b12-7+,13-6-,14-8+,21-15-;. The van der Waals surface area contributed by atoms with Crippen molar-refractivity contribution in [2.75, 3.05) is 13.1 Å². The Labute approximate surface area is 163 Å². The molecule has 5 heteroatoms. The lowest BCUT2D eigenvalue weighted by Gasteiger charge is -2.32. The molecule has 3 nitrogen and oxygen atoms in total. The Balaban J connectivity index is 0.00000119. The van der Waals surface area contributed by atoms with Crippen molar-refractivity contribution in [3.63, 3.8) is 0 Å². The highest BCUT2D eigenvalue weighted by Gasteiger charge is 2.43. The van der Waals surface area contributed by atoms with E-state index < -0.39 is 12.0 Å². The van der Waals surface area contributed by atoms with Gasteiger partial charge in [0.2, 0.25) is 0 Å². The molecule has 1 unspecified atom stereocenters. The van der Waals surface area contributed by atoms with Gasteiger partial charge in [-0.25, -0.2) is 8.78 Å². The number of piperidine rings is 1. The Morgan fingerprint density at radius 2 is 1.78 bits per heavy atom. The first-order chi connectivity index (χ1) is 12.5. The maximum Gasteiger partial charge on any atom is 0.296 e. The van der Waals surface area contributed by atoms with Gasteiger partial charge in [-0.15, -0.1) is 0 Å². The van der Waals surface area contributed by atoms with E-state index in [4.69, 9.17) is 4.74 Å². The summed E-state index contributed by atoms with van der Waals surface area (Å²) in [6.07, 6.45) is 6.47. The van der Waals surface area contributed by atoms with E-state index in [0.29, 0.717) is 18.7 Å². The lowest BCUT2D eigenvalue weighted by molar-refractivity contribution is -0.130. The summed E-state index contributed by atoms with van der Waals surface area (Å²) in [6, 6.07) is 0. The summed E-state index contributed by atoms with van der Waals surface area (Å²) in [5.41, 5.74) is 3.83. The molecule has 0 radical (unpaired) electrons. The zero-order valence-electron chi connectivity index (χ0n) is 17.5. The second-order valence-electron chi connectivity index (χ2n) is 6.64. The van der Waals surface area contributed by atoms with Crippen molar-refractivity contribution in [1.82, 2.24) is 5.32 Å². The van der Waals surface area contributed by atoms with Crippen LogP contribution in [0.15, 0.2) is 65.1 Å². The summed E-state index contributed by atoms with van der Waals surface area (Å²) in [5, 5.41) is 2.68. The molecule has 152 valence electrons. The first kappa shape index (κ1) is 25.0. The molecule has 1 heterocycles. The van der Waals surface area contributed by atoms with E-state index in [2.05, 4.69) is 23.5 Å². The van der Waals surface area contributed by atoms with E-state index in [0.717, 1.165) is 22.6 Å². The molecule has 0 amide bonds. The molecule has 27 heavy (non-hydrogen) atoms. The quantitative estimate of drug-likeness (QED) is 0.349. The van der Waals surface area contributed by atoms with E-state index in [9.17, 15) is 8.78 Å². The van der Waals surface area contributed by atoms with Crippen LogP contribution in [0.2, 0.25) is 0 Å². The average molecular weight is 381 g/mol. The largest absolute Gasteiger partial charge is 0.489 e. The lowest BCUT2D eigenvalue weighted by Crippen LogP contribution is -2.50. The zero-order valence-corrected chi connectivity index (χ0v) is 17.5. The first-order valence-electron chi connectivity index (χ1n) is 9.10. The normalized spacial score (nSPS) is 21.1. The highest BCUT2D eigenvalue weighted by Crippen LogP contribution is 2.27. The zero-order chi connectivity index (χ0) is 21.0. The average Bonchev–Trinajstić information content (AvgIpc) is 2.61. The number of alkyl halides is 2. The van der Waals surface area contributed by atoms with Crippen molar-refractivity contribution in [1.29, 1.82) is 0 Å². The van der Waals surface area contributed by atoms with Gasteiger partial charge in [-0.1, -0.05) is 37.0 Å². The molecular formula is C22H34F2N2O. The van der Waals surface area contributed by atoms with Crippen molar-refractivity contribution in [3.8, 4) is 0 Å². The van der Waals surface area contributed by atoms with Gasteiger partial charge in [0.15, 0.2) is 6.10 Å². The predicted octanol–water partition coefficient (Wildman–Crippen LogP) is 5.98. The van der Waals surface area contributed by atoms with Crippen molar-refractivity contribution < 1.29 is 13.5 Å². The van der Waals surface area contributed by atoms with E-state index in [1.807, 2.05) is 46.8 Å². The summed E-state index contributed by atoms with van der Waals surface area (Å²) in [6.45, 7) is 18.6. The fourth-order valence-electron chi connectivity index (χ4n) is 2.00. The molecule has 1 saturated heterocycles. The van der Waals surface area contributed by atoms with E-state index in [1.165, 1.54) is 0 Å². The van der Waals surface area contributed by atoms with Crippen LogP contribution in [0.5, 0.6) is 0 Å². The Morgan fingerprint density at radius 1 is 1.19 bits per heavy atom. The summed E-state index contributed by atoms with van der Waals surface area (Å²) in [5.74, 6) is -2.34. The third-order valence-electron chi connectivity index (χ3n) is 3.99. The Hall–Kier alpha value is -2.01. The Bertz CT molecular complexity index is 628. The number of nitrogens with zero attached hydrogens (tertiary/aromatic N) is 1. The smallest absolute Gasteiger partial charge is 0.296 e. The van der Waals surface area contributed by atoms with Gasteiger partial charge in [0.1, 0.15) is 0 Å². The van der Waals surface area contributed by atoms with Crippen LogP contribution in [0.1, 0.15) is 48.0 Å². The Morgan fingerprint density at radius 3 is 2.26 bits per heavy atom. The van der Waals surface area contributed by atoms with Gasteiger partial charge in [0, 0.05) is 17.8 Å². The molecule has 0 aromatic heterocycles. The molecule has 0 saturated carbocycles. The van der Waals surface area contributed by atoms with Crippen LogP contribution in [0, 0.1) is 0 Å². The predicted molar refractivity (Wildman–Crippen MR) is 112 cm³/mol. The maximum absolute atomic E-state index is 13.7. The molecule has 0 aromatic carbocycles. The molecule has 1 fully saturated rings. The highest BCUT2D eigenvalue weighted by atomic mass is 19.3. The minimum Gasteiger partial charge on any atom is -0.489 e. The van der Waals surface area contributed by atoms with Crippen molar-refractivity contribution in [2.45, 2.75) is 60.0 Å². The Kier molecular flexibility index (Phi) is 11.5. The minimum absolute atomic E-state index is 0.307. The van der Waals surface area contributed by atoms with Crippen LogP contribution in [0.4, 0.5) is 8.78 Å². The summed E-state index contributed by atoms with van der Waals surface area (Å²) < 4.78 is 32.8. The second kappa shape index (κ2) is 12.4. The van der Waals surface area contributed by atoms with E-state index >= 15 is 0 Å². The molecule has 0 aliphatic carbocycles. The molecule has 1 rings (SSSR count). The number of aliphatic imine (C=N–C) groups is 1. The van der Waals surface area contributed by atoms with E-state index in [-0.39, 0.29) is 6.54 Å². The number of halogens is 2. The SMILES string of the molecule is C=CC(=C)C.C\C=C(C)/N=C(C)\C(C)=C\C=C(/C)OC1CCNCC1(F)F. The summed E-state index contributed by atoms with van der Waals surface area (Å²) in [4.78, 5) is 4.42. The van der Waals surface area contributed by atoms with Gasteiger partial charge >= 0.3 is 0 Å². The monoisotopic (exact) mass is 380 g/mol. The number of rotatable bonds is 6. The molecule has 1 atom stereocenters. The lowest BCUT2D eigenvalue weighted by atomic mass is 10.1. The van der Waals surface area contributed by atoms with Gasteiger partial charge < -0.3 is 10.1 Å². The topological polar surface area (TPSA) is 33.6 Å².